The third-order valence-corrected chi connectivity index (χ3v) is 5.46. The molecule has 172 valence electrons. The molecule has 9 heteroatoms. The van der Waals surface area contributed by atoms with Crippen LogP contribution in [0.15, 0.2) is 47.1 Å². The maximum atomic E-state index is 14.7. The lowest BCUT2D eigenvalue weighted by Gasteiger charge is -2.32. The molecule has 3 rings (SSSR count). The molecule has 32 heavy (non-hydrogen) atoms. The van der Waals surface area contributed by atoms with Crippen molar-refractivity contribution in [2.75, 3.05) is 26.8 Å². The van der Waals surface area contributed by atoms with Crippen molar-refractivity contribution in [1.82, 2.24) is 15.5 Å². The molecule has 1 aliphatic carbocycles. The lowest BCUT2D eigenvalue weighted by Crippen LogP contribution is -2.50. The van der Waals surface area contributed by atoms with E-state index in [4.69, 9.17) is 9.15 Å². The molecular weight excluding hydrogens is 417 g/mol. The normalized spacial score (nSPS) is 14.7. The molecule has 1 atom stereocenters. The van der Waals surface area contributed by atoms with Crippen molar-refractivity contribution >= 4 is 17.7 Å². The molecule has 1 aliphatic rings. The van der Waals surface area contributed by atoms with Gasteiger partial charge in [-0.05, 0) is 31.0 Å². The van der Waals surface area contributed by atoms with E-state index >= 15 is 0 Å². The molecule has 0 spiro atoms. The SMILES string of the molecule is COCCN(C(=O)CNC(=O)c1ccco1)[C@H](C(=O)NC1CCCC1)c1ccccc1F. The summed E-state index contributed by atoms with van der Waals surface area (Å²) < 4.78 is 24.9. The van der Waals surface area contributed by atoms with Crippen LogP contribution >= 0.6 is 0 Å². The number of nitrogens with one attached hydrogen (secondary N) is 2. The zero-order valence-corrected chi connectivity index (χ0v) is 18.0. The van der Waals surface area contributed by atoms with Crippen molar-refractivity contribution in [3.05, 3.63) is 59.8 Å². The van der Waals surface area contributed by atoms with E-state index in [1.807, 2.05) is 0 Å². The predicted molar refractivity (Wildman–Crippen MR) is 114 cm³/mol. The van der Waals surface area contributed by atoms with Crippen LogP contribution in [0.5, 0.6) is 0 Å². The summed E-state index contributed by atoms with van der Waals surface area (Å²) >= 11 is 0. The van der Waals surface area contributed by atoms with Crippen LogP contribution in [0, 0.1) is 5.82 Å². The molecule has 0 radical (unpaired) electrons. The fraction of sp³-hybridized carbons (Fsp3) is 0.435. The summed E-state index contributed by atoms with van der Waals surface area (Å²) in [5, 5.41) is 5.45. The zero-order chi connectivity index (χ0) is 22.9. The first kappa shape index (κ1) is 23.5. The van der Waals surface area contributed by atoms with Gasteiger partial charge < -0.3 is 24.7 Å². The highest BCUT2D eigenvalue weighted by Gasteiger charge is 2.34. The molecule has 1 aromatic carbocycles. The second-order valence-corrected chi connectivity index (χ2v) is 7.65. The lowest BCUT2D eigenvalue weighted by molar-refractivity contribution is -0.141. The van der Waals surface area contributed by atoms with Gasteiger partial charge in [0, 0.05) is 25.3 Å². The topological polar surface area (TPSA) is 101 Å². The highest BCUT2D eigenvalue weighted by atomic mass is 19.1. The molecule has 0 saturated heterocycles. The average Bonchev–Trinajstić information content (AvgIpc) is 3.50. The van der Waals surface area contributed by atoms with Crippen molar-refractivity contribution in [2.45, 2.75) is 37.8 Å². The van der Waals surface area contributed by atoms with Gasteiger partial charge in [-0.15, -0.1) is 0 Å². The Hall–Kier alpha value is -3.20. The smallest absolute Gasteiger partial charge is 0.287 e. The van der Waals surface area contributed by atoms with Gasteiger partial charge in [0.25, 0.3) is 5.91 Å². The predicted octanol–water partition coefficient (Wildman–Crippen LogP) is 2.42. The number of hydrogen-bond donors (Lipinski definition) is 2. The Bertz CT molecular complexity index is 912. The molecule has 1 saturated carbocycles. The van der Waals surface area contributed by atoms with E-state index in [0.717, 1.165) is 25.7 Å². The van der Waals surface area contributed by atoms with Crippen molar-refractivity contribution in [3.63, 3.8) is 0 Å². The largest absolute Gasteiger partial charge is 0.459 e. The number of amides is 3. The van der Waals surface area contributed by atoms with Gasteiger partial charge in [0.1, 0.15) is 11.9 Å². The summed E-state index contributed by atoms with van der Waals surface area (Å²) in [6.45, 7) is -0.201. The third-order valence-electron chi connectivity index (χ3n) is 5.46. The summed E-state index contributed by atoms with van der Waals surface area (Å²) in [4.78, 5) is 39.8. The Morgan fingerprint density at radius 1 is 1.19 bits per heavy atom. The maximum absolute atomic E-state index is 14.7. The van der Waals surface area contributed by atoms with Gasteiger partial charge in [0.05, 0.1) is 19.4 Å². The first-order valence-corrected chi connectivity index (χ1v) is 10.7. The van der Waals surface area contributed by atoms with E-state index in [2.05, 4.69) is 10.6 Å². The van der Waals surface area contributed by atoms with Gasteiger partial charge in [0.2, 0.25) is 11.8 Å². The molecule has 0 unspecified atom stereocenters. The fourth-order valence-electron chi connectivity index (χ4n) is 3.84. The molecule has 1 aromatic heterocycles. The van der Waals surface area contributed by atoms with Gasteiger partial charge in [0.15, 0.2) is 5.76 Å². The van der Waals surface area contributed by atoms with Gasteiger partial charge in [-0.1, -0.05) is 31.0 Å². The van der Waals surface area contributed by atoms with Crippen LogP contribution < -0.4 is 10.6 Å². The molecule has 2 aromatic rings. The molecule has 0 bridgehead atoms. The summed E-state index contributed by atoms with van der Waals surface area (Å²) in [5.41, 5.74) is 0.0878. The molecular formula is C23H28FN3O5. The van der Waals surface area contributed by atoms with Crippen LogP contribution in [0.4, 0.5) is 4.39 Å². The zero-order valence-electron chi connectivity index (χ0n) is 18.0. The number of carbonyl (C=O) groups excluding carboxylic acids is 3. The van der Waals surface area contributed by atoms with Crippen molar-refractivity contribution in [1.29, 1.82) is 0 Å². The molecule has 8 nitrogen and oxygen atoms in total. The minimum atomic E-state index is -1.19. The Morgan fingerprint density at radius 3 is 2.59 bits per heavy atom. The first-order chi connectivity index (χ1) is 15.5. The molecule has 1 fully saturated rings. The average molecular weight is 445 g/mol. The third kappa shape index (κ3) is 5.94. The van der Waals surface area contributed by atoms with Crippen LogP contribution in [0.2, 0.25) is 0 Å². The summed E-state index contributed by atoms with van der Waals surface area (Å²) in [6, 6.07) is 7.71. The number of ether oxygens (including phenoxy) is 1. The van der Waals surface area contributed by atoms with E-state index < -0.39 is 29.6 Å². The highest BCUT2D eigenvalue weighted by Crippen LogP contribution is 2.26. The van der Waals surface area contributed by atoms with Crippen molar-refractivity contribution in [2.24, 2.45) is 0 Å². The summed E-state index contributed by atoms with van der Waals surface area (Å²) in [6.07, 6.45) is 5.08. The van der Waals surface area contributed by atoms with Crippen LogP contribution in [-0.2, 0) is 14.3 Å². The Labute approximate surface area is 186 Å². The first-order valence-electron chi connectivity index (χ1n) is 10.7. The lowest BCUT2D eigenvalue weighted by atomic mass is 10.0. The van der Waals surface area contributed by atoms with E-state index in [1.54, 1.807) is 12.1 Å². The number of nitrogens with zero attached hydrogens (tertiary/aromatic N) is 1. The van der Waals surface area contributed by atoms with Crippen molar-refractivity contribution in [3.8, 4) is 0 Å². The number of methoxy groups -OCH3 is 1. The van der Waals surface area contributed by atoms with Gasteiger partial charge in [-0.25, -0.2) is 4.39 Å². The minimum absolute atomic E-state index is 0.00481. The van der Waals surface area contributed by atoms with E-state index in [0.29, 0.717) is 0 Å². The van der Waals surface area contributed by atoms with Crippen LogP contribution in [-0.4, -0.2) is 55.5 Å². The number of halogens is 1. The van der Waals surface area contributed by atoms with E-state index in [9.17, 15) is 18.8 Å². The van der Waals surface area contributed by atoms with E-state index in [1.165, 1.54) is 42.5 Å². The number of rotatable bonds is 10. The number of carbonyl (C=O) groups is 3. The summed E-state index contributed by atoms with van der Waals surface area (Å²) in [5.74, 6) is -2.09. The van der Waals surface area contributed by atoms with E-state index in [-0.39, 0.29) is 37.1 Å². The highest BCUT2D eigenvalue weighted by molar-refractivity contribution is 5.95. The Morgan fingerprint density at radius 2 is 1.94 bits per heavy atom. The monoisotopic (exact) mass is 445 g/mol. The second-order valence-electron chi connectivity index (χ2n) is 7.65. The number of furan rings is 1. The quantitative estimate of drug-likeness (QED) is 0.585. The number of hydrogen-bond acceptors (Lipinski definition) is 5. The van der Waals surface area contributed by atoms with Crippen LogP contribution in [0.1, 0.15) is 47.8 Å². The maximum Gasteiger partial charge on any atom is 0.287 e. The van der Waals surface area contributed by atoms with Crippen molar-refractivity contribution < 1.29 is 27.9 Å². The van der Waals surface area contributed by atoms with Crippen LogP contribution in [0.3, 0.4) is 0 Å². The van der Waals surface area contributed by atoms with Gasteiger partial charge in [-0.3, -0.25) is 14.4 Å². The number of benzene rings is 1. The Kier molecular flexibility index (Phi) is 8.38. The molecule has 1 heterocycles. The molecule has 0 aliphatic heterocycles. The van der Waals surface area contributed by atoms with Crippen LogP contribution in [0.25, 0.3) is 0 Å². The minimum Gasteiger partial charge on any atom is -0.459 e. The van der Waals surface area contributed by atoms with Gasteiger partial charge >= 0.3 is 0 Å². The Balaban J connectivity index is 1.83. The fourth-order valence-corrected chi connectivity index (χ4v) is 3.84. The molecule has 2 N–H and O–H groups in total. The van der Waals surface area contributed by atoms with Gasteiger partial charge in [-0.2, -0.15) is 0 Å². The molecule has 3 amide bonds. The summed E-state index contributed by atoms with van der Waals surface area (Å²) in [7, 11) is 1.47. The second kappa shape index (κ2) is 11.4. The standard InChI is InChI=1S/C23H28FN3O5/c1-31-14-12-27(20(28)15-25-22(29)19-11-6-13-32-19)21(17-9-4-5-10-18(17)24)23(30)26-16-7-2-3-8-16/h4-6,9-11,13,16,21H,2-3,7-8,12,14-15H2,1H3,(H,25,29)(H,26,30)/t21-/m0/s1.